The molecule has 1 heterocycles. The van der Waals surface area contributed by atoms with Crippen molar-refractivity contribution in [1.29, 1.82) is 0 Å². The molecule has 96 valence electrons. The Morgan fingerprint density at radius 3 is 2.61 bits per heavy atom. The predicted molar refractivity (Wildman–Crippen MR) is 70.6 cm³/mol. The van der Waals surface area contributed by atoms with Crippen LogP contribution < -0.4 is 4.72 Å². The van der Waals surface area contributed by atoms with Crippen molar-refractivity contribution in [3.63, 3.8) is 0 Å². The Bertz CT molecular complexity index is 737. The van der Waals surface area contributed by atoms with E-state index in [1.165, 1.54) is 0 Å². The maximum absolute atomic E-state index is 11.7. The van der Waals surface area contributed by atoms with Crippen molar-refractivity contribution in [2.45, 2.75) is 0 Å². The Morgan fingerprint density at radius 1 is 1.33 bits per heavy atom. The van der Waals surface area contributed by atoms with E-state index in [1.54, 1.807) is 18.2 Å². The van der Waals surface area contributed by atoms with Crippen LogP contribution in [0.2, 0.25) is 10.0 Å². The molecular weight excluding hydrogens is 299 g/mol. The second-order valence-corrected chi connectivity index (χ2v) is 6.27. The van der Waals surface area contributed by atoms with Crippen LogP contribution in [0.1, 0.15) is 10.5 Å². The zero-order valence-electron chi connectivity index (χ0n) is 9.12. The molecule has 0 spiro atoms. The summed E-state index contributed by atoms with van der Waals surface area (Å²) in [4.78, 5) is 14.4. The number of hydrogen-bond acceptors (Lipinski definition) is 3. The molecule has 18 heavy (non-hydrogen) atoms. The van der Waals surface area contributed by atoms with E-state index in [0.29, 0.717) is 15.9 Å². The summed E-state index contributed by atoms with van der Waals surface area (Å²) in [6, 6.07) is 4.88. The van der Waals surface area contributed by atoms with Gasteiger partial charge in [-0.25, -0.2) is 13.1 Å². The van der Waals surface area contributed by atoms with E-state index in [-0.39, 0.29) is 10.7 Å². The first-order chi connectivity index (χ1) is 8.28. The van der Waals surface area contributed by atoms with Gasteiger partial charge in [-0.3, -0.25) is 4.79 Å². The van der Waals surface area contributed by atoms with Crippen LogP contribution in [-0.2, 0) is 10.0 Å². The number of aromatic amines is 1. The SMILES string of the molecule is CS(=O)(=O)NC(=O)c1[nH]c2ccc(Cl)cc2c1Cl. The summed E-state index contributed by atoms with van der Waals surface area (Å²) in [6.07, 6.45) is 0.887. The molecule has 0 unspecified atom stereocenters. The van der Waals surface area contributed by atoms with Crippen LogP contribution in [-0.4, -0.2) is 25.6 Å². The molecule has 0 fully saturated rings. The minimum atomic E-state index is -3.64. The highest BCUT2D eigenvalue weighted by atomic mass is 35.5. The van der Waals surface area contributed by atoms with Gasteiger partial charge in [0.2, 0.25) is 10.0 Å². The van der Waals surface area contributed by atoms with Crippen molar-refractivity contribution in [2.24, 2.45) is 0 Å². The van der Waals surface area contributed by atoms with E-state index in [4.69, 9.17) is 23.2 Å². The lowest BCUT2D eigenvalue weighted by Crippen LogP contribution is -2.29. The highest BCUT2D eigenvalue weighted by Gasteiger charge is 2.19. The van der Waals surface area contributed by atoms with Gasteiger partial charge in [0.15, 0.2) is 0 Å². The molecule has 0 atom stereocenters. The van der Waals surface area contributed by atoms with E-state index in [2.05, 4.69) is 4.98 Å². The Hall–Kier alpha value is -1.24. The number of rotatable bonds is 2. The average molecular weight is 307 g/mol. The molecule has 0 radical (unpaired) electrons. The molecule has 5 nitrogen and oxygen atoms in total. The quantitative estimate of drug-likeness (QED) is 0.892. The first kappa shape index (κ1) is 13.2. The Morgan fingerprint density at radius 2 is 2.00 bits per heavy atom. The number of sulfonamides is 1. The molecular formula is C10H8Cl2N2O3S. The van der Waals surface area contributed by atoms with E-state index in [1.807, 2.05) is 4.72 Å². The molecule has 2 N–H and O–H groups in total. The Kier molecular flexibility index (Phi) is 3.27. The van der Waals surface area contributed by atoms with Gasteiger partial charge < -0.3 is 4.98 Å². The molecule has 1 aromatic heterocycles. The van der Waals surface area contributed by atoms with Crippen LogP contribution in [0.15, 0.2) is 18.2 Å². The summed E-state index contributed by atoms with van der Waals surface area (Å²) >= 11 is 11.8. The number of fused-ring (bicyclic) bond motifs is 1. The standard InChI is InChI=1S/C10H8Cl2N2O3S/c1-18(16,17)14-10(15)9-8(12)6-4-5(11)2-3-7(6)13-9/h2-4,13H,1H3,(H,14,15). The molecule has 1 amide bonds. The monoisotopic (exact) mass is 306 g/mol. The molecule has 0 saturated heterocycles. The Balaban J connectivity index is 2.52. The largest absolute Gasteiger partial charge is 0.349 e. The first-order valence-corrected chi connectivity index (χ1v) is 7.41. The lowest BCUT2D eigenvalue weighted by Gasteiger charge is -2.00. The third-order valence-electron chi connectivity index (χ3n) is 2.20. The Labute approximate surface area is 113 Å². The van der Waals surface area contributed by atoms with Gasteiger partial charge in [0.1, 0.15) is 5.69 Å². The average Bonchev–Trinajstić information content (AvgIpc) is 2.54. The van der Waals surface area contributed by atoms with Gasteiger partial charge in [0.05, 0.1) is 11.3 Å². The first-order valence-electron chi connectivity index (χ1n) is 4.77. The van der Waals surface area contributed by atoms with E-state index < -0.39 is 15.9 Å². The normalized spacial score (nSPS) is 11.7. The van der Waals surface area contributed by atoms with Crippen molar-refractivity contribution < 1.29 is 13.2 Å². The van der Waals surface area contributed by atoms with Crippen LogP contribution in [0.4, 0.5) is 0 Å². The number of benzene rings is 1. The molecule has 1 aromatic carbocycles. The number of H-pyrrole nitrogens is 1. The van der Waals surface area contributed by atoms with Crippen LogP contribution >= 0.6 is 23.2 Å². The van der Waals surface area contributed by atoms with E-state index in [0.717, 1.165) is 6.26 Å². The number of aromatic nitrogens is 1. The fourth-order valence-electron chi connectivity index (χ4n) is 1.51. The molecule has 2 rings (SSSR count). The highest BCUT2D eigenvalue weighted by Crippen LogP contribution is 2.29. The fraction of sp³-hybridized carbons (Fsp3) is 0.100. The van der Waals surface area contributed by atoms with Crippen LogP contribution in [0, 0.1) is 0 Å². The van der Waals surface area contributed by atoms with Crippen LogP contribution in [0.25, 0.3) is 10.9 Å². The number of nitrogens with one attached hydrogen (secondary N) is 2. The molecule has 0 bridgehead atoms. The summed E-state index contributed by atoms with van der Waals surface area (Å²) in [6.45, 7) is 0. The highest BCUT2D eigenvalue weighted by molar-refractivity contribution is 7.89. The number of halogens is 2. The van der Waals surface area contributed by atoms with Gasteiger partial charge in [-0.15, -0.1) is 0 Å². The van der Waals surface area contributed by atoms with Crippen molar-refractivity contribution >= 4 is 50.0 Å². The van der Waals surface area contributed by atoms with Gasteiger partial charge in [-0.2, -0.15) is 0 Å². The van der Waals surface area contributed by atoms with Gasteiger partial charge >= 0.3 is 0 Å². The van der Waals surface area contributed by atoms with Crippen LogP contribution in [0.3, 0.4) is 0 Å². The zero-order valence-corrected chi connectivity index (χ0v) is 11.4. The zero-order chi connectivity index (χ0) is 13.5. The minimum Gasteiger partial charge on any atom is -0.349 e. The molecule has 8 heteroatoms. The summed E-state index contributed by atoms with van der Waals surface area (Å²) in [5, 5.41) is 1.16. The van der Waals surface area contributed by atoms with E-state index in [9.17, 15) is 13.2 Å². The fourth-order valence-corrected chi connectivity index (χ4v) is 2.41. The number of carbonyl (C=O) groups is 1. The maximum atomic E-state index is 11.7. The molecule has 2 aromatic rings. The van der Waals surface area contributed by atoms with Gasteiger partial charge in [0.25, 0.3) is 5.91 Å². The van der Waals surface area contributed by atoms with Gasteiger partial charge in [0, 0.05) is 15.9 Å². The topological polar surface area (TPSA) is 79.0 Å². The maximum Gasteiger partial charge on any atom is 0.282 e. The van der Waals surface area contributed by atoms with Crippen molar-refractivity contribution in [1.82, 2.24) is 9.71 Å². The number of carbonyl (C=O) groups excluding carboxylic acids is 1. The van der Waals surface area contributed by atoms with Gasteiger partial charge in [-0.05, 0) is 18.2 Å². The second kappa shape index (κ2) is 4.46. The smallest absolute Gasteiger partial charge is 0.282 e. The number of amides is 1. The predicted octanol–water partition coefficient (Wildman–Crippen LogP) is 2.16. The summed E-state index contributed by atoms with van der Waals surface area (Å²) in [5.41, 5.74) is 0.586. The molecule has 0 aliphatic carbocycles. The van der Waals surface area contributed by atoms with Crippen molar-refractivity contribution in [3.8, 4) is 0 Å². The third kappa shape index (κ3) is 2.60. The summed E-state index contributed by atoms with van der Waals surface area (Å²) < 4.78 is 23.8. The van der Waals surface area contributed by atoms with Crippen molar-refractivity contribution in [3.05, 3.63) is 33.9 Å². The summed E-state index contributed by atoms with van der Waals surface area (Å²) in [5.74, 6) is -0.810. The minimum absolute atomic E-state index is 0.0145. The number of hydrogen-bond donors (Lipinski definition) is 2. The van der Waals surface area contributed by atoms with Gasteiger partial charge in [-0.1, -0.05) is 23.2 Å². The third-order valence-corrected chi connectivity index (χ3v) is 3.39. The lowest BCUT2D eigenvalue weighted by atomic mass is 10.2. The van der Waals surface area contributed by atoms with E-state index >= 15 is 0 Å². The van der Waals surface area contributed by atoms with Crippen LogP contribution in [0.5, 0.6) is 0 Å². The second-order valence-electron chi connectivity index (χ2n) is 3.71. The lowest BCUT2D eigenvalue weighted by molar-refractivity contribution is 0.0978. The molecule has 0 aliphatic heterocycles. The van der Waals surface area contributed by atoms with Crippen molar-refractivity contribution in [2.75, 3.05) is 6.26 Å². The molecule has 0 saturated carbocycles. The summed E-state index contributed by atoms with van der Waals surface area (Å²) in [7, 11) is -3.64. The molecule has 0 aliphatic rings.